The quantitative estimate of drug-likeness (QED) is 0.479. The molecule has 1 N–H and O–H groups in total. The number of rotatable bonds is 4. The zero-order valence-corrected chi connectivity index (χ0v) is 19.0. The molecule has 0 saturated carbocycles. The summed E-state index contributed by atoms with van der Waals surface area (Å²) >= 11 is 0. The predicted molar refractivity (Wildman–Crippen MR) is 127 cm³/mol. The van der Waals surface area contributed by atoms with E-state index in [9.17, 15) is 10.0 Å². The minimum absolute atomic E-state index is 0.0954. The zero-order chi connectivity index (χ0) is 22.9. The van der Waals surface area contributed by atoms with Crippen LogP contribution in [0.3, 0.4) is 0 Å². The number of amides is 1. The third kappa shape index (κ3) is 4.04. The lowest BCUT2D eigenvalue weighted by Gasteiger charge is -2.34. The van der Waals surface area contributed by atoms with E-state index in [1.54, 1.807) is 12.4 Å². The van der Waals surface area contributed by atoms with Crippen LogP contribution in [-0.2, 0) is 6.42 Å². The number of nitrogens with zero attached hydrogens (tertiary/aromatic N) is 4. The summed E-state index contributed by atoms with van der Waals surface area (Å²) in [5.74, 6) is 0.907. The lowest BCUT2D eigenvalue weighted by atomic mass is 9.98. The van der Waals surface area contributed by atoms with Crippen LogP contribution >= 0.6 is 0 Å². The number of likely N-dealkylation sites (tertiary alicyclic amines) is 1. The maximum atomic E-state index is 13.4. The Kier molecular flexibility index (Phi) is 5.72. The van der Waals surface area contributed by atoms with E-state index in [1.807, 2.05) is 42.3 Å². The highest BCUT2D eigenvalue weighted by Gasteiger charge is 2.28. The van der Waals surface area contributed by atoms with Crippen LogP contribution in [0.1, 0.15) is 40.9 Å². The smallest absolute Gasteiger partial charge is 0.289 e. The predicted octanol–water partition coefficient (Wildman–Crippen LogP) is 4.30. The van der Waals surface area contributed by atoms with E-state index in [0.29, 0.717) is 17.2 Å². The molecule has 5 rings (SSSR count). The van der Waals surface area contributed by atoms with E-state index in [0.717, 1.165) is 66.6 Å². The largest absolute Gasteiger partial charge is 0.450 e. The Balaban J connectivity index is 1.52. The molecule has 33 heavy (non-hydrogen) atoms. The summed E-state index contributed by atoms with van der Waals surface area (Å²) in [5, 5.41) is 12.7. The van der Waals surface area contributed by atoms with E-state index in [4.69, 9.17) is 4.42 Å². The summed E-state index contributed by atoms with van der Waals surface area (Å²) in [6.07, 6.45) is 6.92. The van der Waals surface area contributed by atoms with Crippen molar-refractivity contribution in [1.29, 1.82) is 0 Å². The van der Waals surface area contributed by atoms with Gasteiger partial charge < -0.3 is 19.4 Å². The Labute approximate surface area is 193 Å². The maximum absolute atomic E-state index is 13.4. The third-order valence-corrected chi connectivity index (χ3v) is 6.92. The number of piperidine rings is 1. The van der Waals surface area contributed by atoms with Crippen LogP contribution in [0.5, 0.6) is 0 Å². The summed E-state index contributed by atoms with van der Waals surface area (Å²) in [4.78, 5) is 21.6. The van der Waals surface area contributed by atoms with Gasteiger partial charge in [-0.2, -0.15) is 0 Å². The van der Waals surface area contributed by atoms with E-state index in [-0.39, 0.29) is 11.9 Å². The Morgan fingerprint density at radius 2 is 1.85 bits per heavy atom. The molecule has 1 fully saturated rings. The number of aromatic nitrogens is 1. The molecule has 3 heterocycles. The van der Waals surface area contributed by atoms with Gasteiger partial charge in [0.2, 0.25) is 0 Å². The molecule has 0 atom stereocenters. The molecule has 0 spiro atoms. The van der Waals surface area contributed by atoms with Gasteiger partial charge in [0, 0.05) is 42.2 Å². The first kappa shape index (κ1) is 21.4. The third-order valence-electron chi connectivity index (χ3n) is 6.92. The number of carbonyl (C=O) groups is 1. The van der Waals surface area contributed by atoms with Gasteiger partial charge in [0.25, 0.3) is 5.91 Å². The summed E-state index contributed by atoms with van der Waals surface area (Å²) in [7, 11) is 3.99. The molecule has 1 aliphatic heterocycles. The van der Waals surface area contributed by atoms with Gasteiger partial charge in [-0.3, -0.25) is 9.78 Å². The van der Waals surface area contributed by atoms with Crippen LogP contribution < -0.4 is 0 Å². The Morgan fingerprint density at radius 1 is 1.09 bits per heavy atom. The summed E-state index contributed by atoms with van der Waals surface area (Å²) in [6, 6.07) is 12.0. The molecule has 0 bridgehead atoms. The van der Waals surface area contributed by atoms with Crippen molar-refractivity contribution in [3.63, 3.8) is 0 Å². The fourth-order valence-electron chi connectivity index (χ4n) is 4.89. The molecule has 0 radical (unpaired) electrons. The van der Waals surface area contributed by atoms with Crippen LogP contribution in [-0.4, -0.2) is 64.8 Å². The Morgan fingerprint density at radius 3 is 2.58 bits per heavy atom. The van der Waals surface area contributed by atoms with Crippen LogP contribution in [0.15, 0.2) is 58.4 Å². The molecule has 170 valence electrons. The molecule has 1 saturated heterocycles. The average molecular weight is 445 g/mol. The number of hydrogen-bond donors (Lipinski definition) is 1. The molecule has 0 unspecified atom stereocenters. The highest BCUT2D eigenvalue weighted by molar-refractivity contribution is 6.05. The molecule has 1 aliphatic carbocycles. The van der Waals surface area contributed by atoms with Gasteiger partial charge in [-0.05, 0) is 75.1 Å². The van der Waals surface area contributed by atoms with Crippen LogP contribution in [0.2, 0.25) is 0 Å². The van der Waals surface area contributed by atoms with Crippen molar-refractivity contribution in [2.75, 3.05) is 27.2 Å². The van der Waals surface area contributed by atoms with Crippen molar-refractivity contribution in [3.8, 4) is 22.5 Å². The monoisotopic (exact) mass is 444 g/mol. The molecule has 3 aromatic rings. The minimum atomic E-state index is -0.0954. The number of furan rings is 1. The number of aryl methyl sites for hydroxylation is 1. The lowest BCUT2D eigenvalue weighted by molar-refractivity contribution is 0.0629. The van der Waals surface area contributed by atoms with Gasteiger partial charge in [0.05, 0.1) is 5.71 Å². The van der Waals surface area contributed by atoms with Crippen molar-refractivity contribution >= 4 is 11.6 Å². The fourth-order valence-corrected chi connectivity index (χ4v) is 4.89. The molecule has 2 aromatic heterocycles. The van der Waals surface area contributed by atoms with Gasteiger partial charge in [0.15, 0.2) is 5.76 Å². The summed E-state index contributed by atoms with van der Waals surface area (Å²) in [6.45, 7) is 1.98. The molecule has 7 nitrogen and oxygen atoms in total. The van der Waals surface area contributed by atoms with Gasteiger partial charge in [-0.15, -0.1) is 0 Å². The van der Waals surface area contributed by atoms with E-state index < -0.39 is 0 Å². The number of carbonyl (C=O) groups excluding carboxylic acids is 1. The van der Waals surface area contributed by atoms with E-state index in [1.165, 1.54) is 0 Å². The first-order valence-electron chi connectivity index (χ1n) is 11.4. The first-order chi connectivity index (χ1) is 16.0. The van der Waals surface area contributed by atoms with Gasteiger partial charge in [-0.1, -0.05) is 23.4 Å². The second kappa shape index (κ2) is 8.83. The topological polar surface area (TPSA) is 82.2 Å². The van der Waals surface area contributed by atoms with Crippen LogP contribution in [0, 0.1) is 0 Å². The molecular weight excluding hydrogens is 416 g/mol. The SMILES string of the molecule is CN1CCC(N(C)C(=O)c2cc(-c3ccc4c(c3)CC/C4=N/O)c(-c3ccncc3)o2)CC1. The first-order valence-corrected chi connectivity index (χ1v) is 11.4. The van der Waals surface area contributed by atoms with Crippen molar-refractivity contribution in [1.82, 2.24) is 14.8 Å². The number of benzene rings is 1. The molecule has 7 heteroatoms. The second-order valence-corrected chi connectivity index (χ2v) is 8.96. The highest BCUT2D eigenvalue weighted by Crippen LogP contribution is 2.37. The molecular formula is C26H28N4O3. The molecule has 1 amide bonds. The normalized spacial score (nSPS) is 17.9. The van der Waals surface area contributed by atoms with E-state index >= 15 is 0 Å². The van der Waals surface area contributed by atoms with Crippen molar-refractivity contribution in [2.24, 2.45) is 5.16 Å². The van der Waals surface area contributed by atoms with Crippen molar-refractivity contribution in [2.45, 2.75) is 31.7 Å². The van der Waals surface area contributed by atoms with E-state index in [2.05, 4.69) is 28.2 Å². The van der Waals surface area contributed by atoms with Gasteiger partial charge >= 0.3 is 0 Å². The number of hydrogen-bond acceptors (Lipinski definition) is 6. The number of pyridine rings is 1. The number of oxime groups is 1. The second-order valence-electron chi connectivity index (χ2n) is 8.96. The van der Waals surface area contributed by atoms with Crippen molar-refractivity contribution < 1.29 is 14.4 Å². The molecule has 1 aromatic carbocycles. The summed E-state index contributed by atoms with van der Waals surface area (Å²) in [5.41, 5.74) is 5.56. The Hall–Kier alpha value is -3.45. The summed E-state index contributed by atoms with van der Waals surface area (Å²) < 4.78 is 6.22. The standard InChI is InChI=1S/C26H28N4O3/c1-29-13-9-20(10-14-29)30(2)26(31)24-16-22(25(33-24)17-7-11-27-12-8-17)19-3-5-21-18(15-19)4-6-23(21)28-32/h3,5,7-8,11-12,15-16,20,32H,4,6,9-10,13-14H2,1-2H3/b28-23-. The van der Waals surface area contributed by atoms with Gasteiger partial charge in [-0.25, -0.2) is 0 Å². The molecule has 2 aliphatic rings. The maximum Gasteiger partial charge on any atom is 0.289 e. The van der Waals surface area contributed by atoms with Crippen LogP contribution in [0.4, 0.5) is 0 Å². The zero-order valence-electron chi connectivity index (χ0n) is 19.0. The Bertz CT molecular complexity index is 1190. The fraction of sp³-hybridized carbons (Fsp3) is 0.346. The number of fused-ring (bicyclic) bond motifs is 1. The van der Waals surface area contributed by atoms with Gasteiger partial charge in [0.1, 0.15) is 5.76 Å². The van der Waals surface area contributed by atoms with Crippen molar-refractivity contribution in [3.05, 3.63) is 65.7 Å². The minimum Gasteiger partial charge on any atom is -0.450 e. The van der Waals surface area contributed by atoms with Crippen LogP contribution in [0.25, 0.3) is 22.5 Å². The average Bonchev–Trinajstić information content (AvgIpc) is 3.48. The highest BCUT2D eigenvalue weighted by atomic mass is 16.4. The lowest BCUT2D eigenvalue weighted by Crippen LogP contribution is -2.44.